The van der Waals surface area contributed by atoms with Crippen LogP contribution in [0.15, 0.2) is 53.7 Å². The van der Waals surface area contributed by atoms with Gasteiger partial charge in [0.05, 0.1) is 16.4 Å². The molecule has 0 bridgehead atoms. The first-order valence-electron chi connectivity index (χ1n) is 11.1. The van der Waals surface area contributed by atoms with Gasteiger partial charge in [-0.1, -0.05) is 41.6 Å². The second-order valence-electron chi connectivity index (χ2n) is 8.32. The van der Waals surface area contributed by atoms with Crippen LogP contribution in [0.2, 0.25) is 5.02 Å². The molecule has 5 rings (SSSR count). The smallest absolute Gasteiger partial charge is 0.294 e. The van der Waals surface area contributed by atoms with Crippen LogP contribution in [0.25, 0.3) is 5.69 Å². The molecule has 34 heavy (non-hydrogen) atoms. The number of piperazine rings is 1. The summed E-state index contributed by atoms with van der Waals surface area (Å²) >= 11 is 7.28. The second kappa shape index (κ2) is 9.63. The molecule has 1 aromatic heterocycles. The topological polar surface area (TPSA) is 97.4 Å². The Hall–Kier alpha value is -3.11. The average molecular weight is 499 g/mol. The predicted molar refractivity (Wildman–Crippen MR) is 131 cm³/mol. The number of rotatable bonds is 7. The van der Waals surface area contributed by atoms with Gasteiger partial charge in [0, 0.05) is 43.2 Å². The highest BCUT2D eigenvalue weighted by Gasteiger charge is 2.31. The lowest BCUT2D eigenvalue weighted by Crippen LogP contribution is -2.49. The highest BCUT2D eigenvalue weighted by molar-refractivity contribution is 7.99. The normalized spacial score (nSPS) is 16.0. The Kier molecular flexibility index (Phi) is 6.42. The van der Waals surface area contributed by atoms with Gasteiger partial charge in [0.25, 0.3) is 5.69 Å². The minimum absolute atomic E-state index is 0.0132. The van der Waals surface area contributed by atoms with Gasteiger partial charge >= 0.3 is 0 Å². The molecule has 2 heterocycles. The molecule has 1 saturated heterocycles. The summed E-state index contributed by atoms with van der Waals surface area (Å²) in [5.74, 6) is 1.66. The number of halogens is 1. The summed E-state index contributed by atoms with van der Waals surface area (Å²) in [6, 6.07) is 14.6. The van der Waals surface area contributed by atoms with E-state index in [-0.39, 0.29) is 17.3 Å². The van der Waals surface area contributed by atoms with Crippen LogP contribution in [0.1, 0.15) is 24.6 Å². The Bertz CT molecular complexity index is 1210. The van der Waals surface area contributed by atoms with Crippen molar-refractivity contribution in [3.63, 3.8) is 0 Å². The lowest BCUT2D eigenvalue weighted by molar-refractivity contribution is -0.384. The third kappa shape index (κ3) is 4.88. The number of amides is 1. The molecule has 2 aromatic carbocycles. The van der Waals surface area contributed by atoms with Crippen LogP contribution in [0, 0.1) is 10.1 Å². The molecule has 11 heteroatoms. The van der Waals surface area contributed by atoms with E-state index in [0.29, 0.717) is 48.0 Å². The van der Waals surface area contributed by atoms with Crippen LogP contribution in [-0.2, 0) is 4.79 Å². The van der Waals surface area contributed by atoms with Crippen molar-refractivity contribution >= 4 is 40.6 Å². The maximum atomic E-state index is 12.8. The van der Waals surface area contributed by atoms with Gasteiger partial charge in [0.15, 0.2) is 0 Å². The molecule has 2 fully saturated rings. The minimum Gasteiger partial charge on any atom is -0.362 e. The molecule has 0 atom stereocenters. The molecule has 0 radical (unpaired) electrons. The third-order valence-electron chi connectivity index (χ3n) is 5.99. The van der Waals surface area contributed by atoms with Crippen molar-refractivity contribution in [2.75, 3.05) is 36.8 Å². The minimum atomic E-state index is -0.424. The fourth-order valence-electron chi connectivity index (χ4n) is 4.06. The van der Waals surface area contributed by atoms with E-state index >= 15 is 0 Å². The largest absolute Gasteiger partial charge is 0.362 e. The van der Waals surface area contributed by atoms with Gasteiger partial charge < -0.3 is 9.80 Å². The Balaban J connectivity index is 1.20. The number of nitrogens with zero attached hydrogens (tertiary/aromatic N) is 6. The zero-order valence-electron chi connectivity index (χ0n) is 18.3. The van der Waals surface area contributed by atoms with E-state index in [1.165, 1.54) is 17.8 Å². The molecule has 3 aromatic rings. The van der Waals surface area contributed by atoms with Crippen LogP contribution in [0.3, 0.4) is 0 Å². The van der Waals surface area contributed by atoms with E-state index in [1.807, 2.05) is 39.9 Å². The summed E-state index contributed by atoms with van der Waals surface area (Å²) in [6.07, 6.45) is 2.23. The van der Waals surface area contributed by atoms with Crippen molar-refractivity contribution in [3.05, 3.63) is 69.5 Å². The molecule has 0 spiro atoms. The van der Waals surface area contributed by atoms with Crippen LogP contribution < -0.4 is 4.90 Å². The highest BCUT2D eigenvalue weighted by atomic mass is 35.5. The fraction of sp³-hybridized carbons (Fsp3) is 0.348. The van der Waals surface area contributed by atoms with E-state index in [1.54, 1.807) is 17.0 Å². The molecule has 1 aliphatic carbocycles. The van der Waals surface area contributed by atoms with Gasteiger partial charge in [0.2, 0.25) is 11.1 Å². The first-order valence-corrected chi connectivity index (χ1v) is 12.5. The number of nitro groups is 1. The number of aromatic nitrogens is 3. The monoisotopic (exact) mass is 498 g/mol. The van der Waals surface area contributed by atoms with E-state index < -0.39 is 4.92 Å². The number of thioether (sulfide) groups is 1. The Labute approximate surface area is 205 Å². The van der Waals surface area contributed by atoms with Gasteiger partial charge in [0.1, 0.15) is 11.5 Å². The number of benzene rings is 2. The Morgan fingerprint density at radius 2 is 1.85 bits per heavy atom. The molecule has 1 aliphatic heterocycles. The van der Waals surface area contributed by atoms with E-state index in [0.717, 1.165) is 24.4 Å². The molecule has 2 aliphatic rings. The molecule has 176 valence electrons. The third-order valence-corrected chi connectivity index (χ3v) is 7.05. The predicted octanol–water partition coefficient (Wildman–Crippen LogP) is 4.15. The highest BCUT2D eigenvalue weighted by Crippen LogP contribution is 2.40. The van der Waals surface area contributed by atoms with Crippen molar-refractivity contribution in [3.8, 4) is 5.69 Å². The summed E-state index contributed by atoms with van der Waals surface area (Å²) < 4.78 is 1.89. The van der Waals surface area contributed by atoms with Gasteiger partial charge in [-0.25, -0.2) is 9.67 Å². The Morgan fingerprint density at radius 1 is 1.12 bits per heavy atom. The van der Waals surface area contributed by atoms with Crippen LogP contribution >= 0.6 is 23.4 Å². The second-order valence-corrected chi connectivity index (χ2v) is 9.70. The van der Waals surface area contributed by atoms with Gasteiger partial charge in [-0.3, -0.25) is 14.9 Å². The lowest BCUT2D eigenvalue weighted by atomic mass is 10.2. The van der Waals surface area contributed by atoms with Crippen LogP contribution in [0.4, 0.5) is 11.4 Å². The molecule has 1 amide bonds. The first-order chi connectivity index (χ1) is 16.5. The molecular formula is C23H23ClN6O3S. The number of hydrogen-bond acceptors (Lipinski definition) is 7. The number of anilines is 1. The molecule has 9 nitrogen and oxygen atoms in total. The summed E-state index contributed by atoms with van der Waals surface area (Å²) in [4.78, 5) is 32.3. The van der Waals surface area contributed by atoms with Crippen LogP contribution in [-0.4, -0.2) is 62.4 Å². The zero-order chi connectivity index (χ0) is 23.7. The van der Waals surface area contributed by atoms with E-state index in [4.69, 9.17) is 16.6 Å². The zero-order valence-corrected chi connectivity index (χ0v) is 19.9. The molecule has 0 N–H and O–H groups in total. The lowest BCUT2D eigenvalue weighted by Gasteiger charge is -2.35. The van der Waals surface area contributed by atoms with Gasteiger partial charge in [-0.05, 0) is 37.1 Å². The molecule has 0 unspecified atom stereocenters. The SMILES string of the molecule is O=C(CSc1nc(C2CC2)n(-c2ccccc2)n1)N1CCN(c2ccc(Cl)cc2[N+](=O)[O-])CC1. The summed E-state index contributed by atoms with van der Waals surface area (Å²) in [7, 11) is 0. The fourth-order valence-corrected chi connectivity index (χ4v) is 4.95. The maximum absolute atomic E-state index is 12.8. The van der Waals surface area contributed by atoms with Gasteiger partial charge in [-0.2, -0.15) is 0 Å². The van der Waals surface area contributed by atoms with Crippen LogP contribution in [0.5, 0.6) is 0 Å². The molecule has 1 saturated carbocycles. The Morgan fingerprint density at radius 3 is 2.53 bits per heavy atom. The van der Waals surface area contributed by atoms with E-state index in [9.17, 15) is 14.9 Å². The van der Waals surface area contributed by atoms with Crippen molar-refractivity contribution in [2.24, 2.45) is 0 Å². The summed E-state index contributed by atoms with van der Waals surface area (Å²) in [5, 5.41) is 17.0. The molecular weight excluding hydrogens is 476 g/mol. The van der Waals surface area contributed by atoms with Gasteiger partial charge in [-0.15, -0.1) is 5.10 Å². The van der Waals surface area contributed by atoms with Crippen molar-refractivity contribution in [2.45, 2.75) is 23.9 Å². The number of nitro benzene ring substituents is 1. The van der Waals surface area contributed by atoms with E-state index in [2.05, 4.69) is 5.10 Å². The standard InChI is InChI=1S/C23H23ClN6O3S/c24-17-8-9-19(20(14-17)30(32)33)27-10-12-28(13-11-27)21(31)15-34-23-25-22(16-6-7-16)29(26-23)18-4-2-1-3-5-18/h1-5,8-9,14,16H,6-7,10-13,15H2. The summed E-state index contributed by atoms with van der Waals surface area (Å²) in [6.45, 7) is 2.04. The quantitative estimate of drug-likeness (QED) is 0.274. The number of para-hydroxylation sites is 1. The number of hydrogen-bond donors (Lipinski definition) is 0. The maximum Gasteiger partial charge on any atom is 0.294 e. The van der Waals surface area contributed by atoms with Crippen molar-refractivity contribution in [1.82, 2.24) is 19.7 Å². The first kappa shape index (κ1) is 22.7. The number of carbonyl (C=O) groups is 1. The summed E-state index contributed by atoms with van der Waals surface area (Å²) in [5.41, 5.74) is 1.48. The average Bonchev–Trinajstić information content (AvgIpc) is 3.62. The van der Waals surface area contributed by atoms with Crippen molar-refractivity contribution < 1.29 is 9.72 Å². The number of carbonyl (C=O) groups excluding carboxylic acids is 1. The van der Waals surface area contributed by atoms with Crippen molar-refractivity contribution in [1.29, 1.82) is 0 Å².